The topological polar surface area (TPSA) is 80.0 Å². The first-order valence-electron chi connectivity index (χ1n) is 9.03. The highest BCUT2D eigenvalue weighted by molar-refractivity contribution is 5.83. The molecular formula is C19H25N7. The van der Waals surface area contributed by atoms with Crippen LogP contribution in [0.15, 0.2) is 47.8 Å². The summed E-state index contributed by atoms with van der Waals surface area (Å²) in [6, 6.07) is 10.2. The minimum Gasteiger partial charge on any atom is -0.357 e. The summed E-state index contributed by atoms with van der Waals surface area (Å²) < 4.78 is 2.06. The lowest BCUT2D eigenvalue weighted by Gasteiger charge is -2.12. The maximum atomic E-state index is 4.72. The number of pyridine rings is 1. The first kappa shape index (κ1) is 17.8. The van der Waals surface area contributed by atoms with Crippen molar-refractivity contribution in [3.8, 4) is 0 Å². The van der Waals surface area contributed by atoms with E-state index in [0.29, 0.717) is 6.54 Å². The van der Waals surface area contributed by atoms with Gasteiger partial charge in [-0.05, 0) is 24.6 Å². The molecule has 7 heteroatoms. The molecule has 0 aliphatic carbocycles. The van der Waals surface area contributed by atoms with Crippen molar-refractivity contribution < 1.29 is 0 Å². The van der Waals surface area contributed by atoms with E-state index in [9.17, 15) is 0 Å². The number of aliphatic imine (C=N–C) groups is 1. The van der Waals surface area contributed by atoms with Gasteiger partial charge >= 0.3 is 0 Å². The van der Waals surface area contributed by atoms with E-state index in [-0.39, 0.29) is 0 Å². The van der Waals surface area contributed by atoms with E-state index in [2.05, 4.69) is 50.3 Å². The molecule has 7 nitrogen and oxygen atoms in total. The lowest BCUT2D eigenvalue weighted by atomic mass is 10.1. The fourth-order valence-electron chi connectivity index (χ4n) is 2.83. The SMILES string of the molecule is CCNC(=NCc1ccnc2ccccc12)NCCn1cnnc1CC. The van der Waals surface area contributed by atoms with E-state index in [4.69, 9.17) is 4.99 Å². The number of hydrogen-bond acceptors (Lipinski definition) is 4. The van der Waals surface area contributed by atoms with E-state index in [1.807, 2.05) is 30.5 Å². The Balaban J connectivity index is 1.65. The third-order valence-electron chi connectivity index (χ3n) is 4.15. The molecule has 0 amide bonds. The van der Waals surface area contributed by atoms with Gasteiger partial charge in [0.25, 0.3) is 0 Å². The monoisotopic (exact) mass is 351 g/mol. The van der Waals surface area contributed by atoms with Crippen LogP contribution in [0.4, 0.5) is 0 Å². The van der Waals surface area contributed by atoms with Crippen LogP contribution in [0.25, 0.3) is 10.9 Å². The zero-order valence-electron chi connectivity index (χ0n) is 15.3. The predicted octanol–water partition coefficient (Wildman–Crippen LogP) is 2.14. The van der Waals surface area contributed by atoms with Crippen molar-refractivity contribution in [2.24, 2.45) is 4.99 Å². The van der Waals surface area contributed by atoms with Crippen molar-refractivity contribution in [3.05, 3.63) is 54.2 Å². The lowest BCUT2D eigenvalue weighted by Crippen LogP contribution is -2.38. The Hall–Kier alpha value is -2.96. The molecule has 0 saturated heterocycles. The van der Waals surface area contributed by atoms with Gasteiger partial charge in [-0.25, -0.2) is 4.99 Å². The van der Waals surface area contributed by atoms with Crippen LogP contribution in [0.5, 0.6) is 0 Å². The van der Waals surface area contributed by atoms with Crippen LogP contribution in [-0.2, 0) is 19.5 Å². The minimum atomic E-state index is 0.602. The molecular weight excluding hydrogens is 326 g/mol. The molecule has 0 saturated carbocycles. The maximum absolute atomic E-state index is 4.72. The van der Waals surface area contributed by atoms with E-state index in [1.54, 1.807) is 6.33 Å². The first-order chi connectivity index (χ1) is 12.8. The van der Waals surface area contributed by atoms with Crippen molar-refractivity contribution in [2.75, 3.05) is 13.1 Å². The number of nitrogens with one attached hydrogen (secondary N) is 2. The molecule has 2 N–H and O–H groups in total. The minimum absolute atomic E-state index is 0.602. The van der Waals surface area contributed by atoms with Gasteiger partial charge in [-0.15, -0.1) is 10.2 Å². The van der Waals surface area contributed by atoms with Crippen LogP contribution in [-0.4, -0.2) is 38.8 Å². The van der Waals surface area contributed by atoms with Crippen LogP contribution in [0.2, 0.25) is 0 Å². The summed E-state index contributed by atoms with van der Waals surface area (Å²) in [5.74, 6) is 1.80. The van der Waals surface area contributed by atoms with Gasteiger partial charge in [0, 0.05) is 37.6 Å². The summed E-state index contributed by atoms with van der Waals surface area (Å²) in [6.07, 6.45) is 4.49. The van der Waals surface area contributed by atoms with Gasteiger partial charge in [-0.2, -0.15) is 0 Å². The van der Waals surface area contributed by atoms with Crippen molar-refractivity contribution in [1.29, 1.82) is 0 Å². The highest BCUT2D eigenvalue weighted by Crippen LogP contribution is 2.16. The molecule has 3 rings (SSSR count). The Morgan fingerprint density at radius 1 is 1.15 bits per heavy atom. The summed E-state index contributed by atoms with van der Waals surface area (Å²) in [5.41, 5.74) is 2.16. The Bertz CT molecular complexity index is 864. The van der Waals surface area contributed by atoms with Crippen LogP contribution < -0.4 is 10.6 Å². The van der Waals surface area contributed by atoms with E-state index >= 15 is 0 Å². The summed E-state index contributed by atoms with van der Waals surface area (Å²) in [7, 11) is 0. The second-order valence-electron chi connectivity index (χ2n) is 5.90. The number of benzene rings is 1. The van der Waals surface area contributed by atoms with Gasteiger partial charge in [0.1, 0.15) is 12.2 Å². The summed E-state index contributed by atoms with van der Waals surface area (Å²) >= 11 is 0. The van der Waals surface area contributed by atoms with Crippen molar-refractivity contribution in [1.82, 2.24) is 30.4 Å². The van der Waals surface area contributed by atoms with E-state index in [0.717, 1.165) is 48.7 Å². The zero-order chi connectivity index (χ0) is 18.2. The lowest BCUT2D eigenvalue weighted by molar-refractivity contribution is 0.632. The summed E-state index contributed by atoms with van der Waals surface area (Å²) in [4.78, 5) is 9.13. The first-order valence-corrected chi connectivity index (χ1v) is 9.03. The number of aromatic nitrogens is 4. The molecule has 0 unspecified atom stereocenters. The Labute approximate surface area is 153 Å². The maximum Gasteiger partial charge on any atom is 0.191 e. The normalized spacial score (nSPS) is 11.7. The predicted molar refractivity (Wildman–Crippen MR) is 104 cm³/mol. The number of para-hydroxylation sites is 1. The molecule has 0 fully saturated rings. The third kappa shape index (κ3) is 4.36. The molecule has 2 aromatic heterocycles. The molecule has 136 valence electrons. The summed E-state index contributed by atoms with van der Waals surface area (Å²) in [5, 5.41) is 15.9. The van der Waals surface area contributed by atoms with Crippen LogP contribution in [0.1, 0.15) is 25.2 Å². The molecule has 0 aliphatic rings. The van der Waals surface area contributed by atoms with Crippen molar-refractivity contribution in [3.63, 3.8) is 0 Å². The van der Waals surface area contributed by atoms with Crippen LogP contribution in [0, 0.1) is 0 Å². The molecule has 3 aromatic rings. The van der Waals surface area contributed by atoms with Gasteiger partial charge in [0.15, 0.2) is 5.96 Å². The highest BCUT2D eigenvalue weighted by Gasteiger charge is 2.04. The summed E-state index contributed by atoms with van der Waals surface area (Å²) in [6.45, 7) is 7.13. The molecule has 1 aromatic carbocycles. The molecule has 0 radical (unpaired) electrons. The number of guanidine groups is 1. The molecule has 2 heterocycles. The Morgan fingerprint density at radius 2 is 2.04 bits per heavy atom. The van der Waals surface area contributed by atoms with Gasteiger partial charge in [-0.1, -0.05) is 25.1 Å². The molecule has 26 heavy (non-hydrogen) atoms. The van der Waals surface area contributed by atoms with Gasteiger partial charge in [0.05, 0.1) is 12.1 Å². The quantitative estimate of drug-likeness (QED) is 0.504. The highest BCUT2D eigenvalue weighted by atomic mass is 15.3. The Kier molecular flexibility index (Phi) is 6.14. The van der Waals surface area contributed by atoms with E-state index < -0.39 is 0 Å². The third-order valence-corrected chi connectivity index (χ3v) is 4.15. The number of fused-ring (bicyclic) bond motifs is 1. The van der Waals surface area contributed by atoms with Gasteiger partial charge < -0.3 is 15.2 Å². The largest absolute Gasteiger partial charge is 0.357 e. The number of rotatable bonds is 7. The molecule has 0 bridgehead atoms. The van der Waals surface area contributed by atoms with Gasteiger partial charge in [0.2, 0.25) is 0 Å². The van der Waals surface area contributed by atoms with E-state index in [1.165, 1.54) is 5.56 Å². The fourth-order valence-corrected chi connectivity index (χ4v) is 2.83. The van der Waals surface area contributed by atoms with Crippen LogP contribution >= 0.6 is 0 Å². The number of hydrogen-bond donors (Lipinski definition) is 2. The average molecular weight is 351 g/mol. The van der Waals surface area contributed by atoms with Crippen LogP contribution in [0.3, 0.4) is 0 Å². The smallest absolute Gasteiger partial charge is 0.191 e. The second-order valence-corrected chi connectivity index (χ2v) is 5.90. The average Bonchev–Trinajstić information content (AvgIpc) is 3.13. The van der Waals surface area contributed by atoms with Gasteiger partial charge in [-0.3, -0.25) is 4.98 Å². The Morgan fingerprint density at radius 3 is 2.88 bits per heavy atom. The van der Waals surface area contributed by atoms with Crippen molar-refractivity contribution in [2.45, 2.75) is 33.4 Å². The molecule has 0 atom stereocenters. The molecule has 0 aliphatic heterocycles. The number of aryl methyl sites for hydroxylation is 1. The van der Waals surface area contributed by atoms with Crippen molar-refractivity contribution >= 4 is 16.9 Å². The second kappa shape index (κ2) is 8.94. The standard InChI is InChI=1S/C19H25N7/c1-3-18-25-24-14-26(18)12-11-22-19(20-4-2)23-13-15-9-10-21-17-8-6-5-7-16(15)17/h5-10,14H,3-4,11-13H2,1-2H3,(H2,20,22,23). The zero-order valence-corrected chi connectivity index (χ0v) is 15.3. The number of nitrogens with zero attached hydrogens (tertiary/aromatic N) is 5. The fraction of sp³-hybridized carbons (Fsp3) is 0.368. The molecule has 0 spiro atoms.